The Hall–Kier alpha value is -2.12. The number of amides is 1. The number of hydrogen-bond donors (Lipinski definition) is 3. The van der Waals surface area contributed by atoms with Crippen LogP contribution in [-0.4, -0.2) is 58.5 Å². The molecule has 2 aliphatic carbocycles. The Bertz CT molecular complexity index is 818. The smallest absolute Gasteiger partial charge is 0.410 e. The largest absolute Gasteiger partial charge is 0.444 e. The third-order valence-electron chi connectivity index (χ3n) is 6.48. The third-order valence-corrected chi connectivity index (χ3v) is 6.48. The van der Waals surface area contributed by atoms with Crippen molar-refractivity contribution >= 4 is 11.7 Å². The van der Waals surface area contributed by atoms with Gasteiger partial charge in [0.25, 0.3) is 0 Å². The zero-order chi connectivity index (χ0) is 22.2. The molecule has 1 aromatic rings. The van der Waals surface area contributed by atoms with E-state index in [0.717, 1.165) is 29.8 Å². The van der Waals surface area contributed by atoms with Gasteiger partial charge in [-0.3, -0.25) is 4.98 Å². The molecule has 7 heteroatoms. The third kappa shape index (κ3) is 5.39. The number of ether oxygens (including phenoxy) is 1. The number of likely N-dealkylation sites (tertiary alicyclic amines) is 1. The number of nitrogens with one attached hydrogen (secondary N) is 1. The van der Waals surface area contributed by atoms with Gasteiger partial charge in [0.2, 0.25) is 0 Å². The first-order chi connectivity index (χ1) is 14.7. The van der Waals surface area contributed by atoms with Gasteiger partial charge in [-0.05, 0) is 70.4 Å². The lowest BCUT2D eigenvalue weighted by molar-refractivity contribution is 0.00787. The van der Waals surface area contributed by atoms with Gasteiger partial charge in [0, 0.05) is 55.2 Å². The number of nitrogens with zero attached hydrogens (tertiary/aromatic N) is 2. The van der Waals surface area contributed by atoms with Crippen molar-refractivity contribution in [1.82, 2.24) is 15.2 Å². The molecular formula is C24H36N4O3. The van der Waals surface area contributed by atoms with Crippen molar-refractivity contribution in [3.05, 3.63) is 35.8 Å². The summed E-state index contributed by atoms with van der Waals surface area (Å²) in [5.74, 6) is 1.16. The Balaban J connectivity index is 1.42. The molecule has 170 valence electrons. The lowest BCUT2D eigenvalue weighted by Gasteiger charge is -2.39. The zero-order valence-electron chi connectivity index (χ0n) is 18.9. The molecule has 2 heterocycles. The average molecular weight is 429 g/mol. The molecule has 0 spiro atoms. The van der Waals surface area contributed by atoms with Crippen LogP contribution in [0, 0.1) is 11.8 Å². The number of carbonyl (C=O) groups is 1. The second-order valence-electron chi connectivity index (χ2n) is 10.4. The van der Waals surface area contributed by atoms with Crippen molar-refractivity contribution in [1.29, 1.82) is 0 Å². The van der Waals surface area contributed by atoms with Gasteiger partial charge in [-0.15, -0.1) is 0 Å². The lowest BCUT2D eigenvalue weighted by atomic mass is 9.81. The standard InChI is InChI=1S/C24H36N4O3/c1-24(2,3)31-23(30)28-12-17(13-28)20-5-4-6-21(27-20)19(22(25)16-7-8-16)11-26-18-9-15(10-18)14-29/h4-6,11,15-18,22,26,29H,7-10,12-14,25H2,1-3H3/b19-11-. The van der Waals surface area contributed by atoms with Crippen LogP contribution in [-0.2, 0) is 4.74 Å². The number of hydrogen-bond acceptors (Lipinski definition) is 6. The van der Waals surface area contributed by atoms with Crippen molar-refractivity contribution in [2.45, 2.75) is 70.1 Å². The molecule has 4 rings (SSSR count). The minimum atomic E-state index is -0.483. The van der Waals surface area contributed by atoms with Crippen LogP contribution in [0.2, 0.25) is 0 Å². The van der Waals surface area contributed by atoms with Crippen LogP contribution < -0.4 is 11.1 Å². The molecule has 3 fully saturated rings. The molecule has 1 unspecified atom stereocenters. The highest BCUT2D eigenvalue weighted by atomic mass is 16.6. The first kappa shape index (κ1) is 22.1. The van der Waals surface area contributed by atoms with E-state index in [9.17, 15) is 9.90 Å². The van der Waals surface area contributed by atoms with Gasteiger partial charge in [-0.2, -0.15) is 0 Å². The van der Waals surface area contributed by atoms with Gasteiger partial charge < -0.3 is 25.8 Å². The predicted octanol–water partition coefficient (Wildman–Crippen LogP) is 2.85. The Kier molecular flexibility index (Phi) is 6.26. The number of aliphatic hydroxyl groups is 1. The topological polar surface area (TPSA) is 101 Å². The lowest BCUT2D eigenvalue weighted by Crippen LogP contribution is -2.50. The Morgan fingerprint density at radius 1 is 1.35 bits per heavy atom. The van der Waals surface area contributed by atoms with Crippen LogP contribution in [0.3, 0.4) is 0 Å². The predicted molar refractivity (Wildman–Crippen MR) is 120 cm³/mol. The number of aliphatic hydroxyl groups excluding tert-OH is 1. The summed E-state index contributed by atoms with van der Waals surface area (Å²) in [6.07, 6.45) is 6.12. The molecule has 1 atom stereocenters. The normalized spacial score (nSPS) is 25.5. The summed E-state index contributed by atoms with van der Waals surface area (Å²) in [5.41, 5.74) is 9.07. The first-order valence-corrected chi connectivity index (χ1v) is 11.5. The monoisotopic (exact) mass is 428 g/mol. The van der Waals surface area contributed by atoms with Gasteiger partial charge in [-0.25, -0.2) is 4.79 Å². The Morgan fingerprint density at radius 3 is 2.68 bits per heavy atom. The first-order valence-electron chi connectivity index (χ1n) is 11.5. The summed E-state index contributed by atoms with van der Waals surface area (Å²) in [5, 5.41) is 12.7. The molecular weight excluding hydrogens is 392 g/mol. The van der Waals surface area contributed by atoms with Gasteiger partial charge >= 0.3 is 6.09 Å². The second-order valence-corrected chi connectivity index (χ2v) is 10.4. The zero-order valence-corrected chi connectivity index (χ0v) is 18.9. The quantitative estimate of drug-likeness (QED) is 0.617. The second kappa shape index (κ2) is 8.79. The summed E-state index contributed by atoms with van der Waals surface area (Å²) in [4.78, 5) is 18.9. The minimum absolute atomic E-state index is 0.0244. The number of nitrogens with two attached hydrogens (primary N) is 1. The Labute approximate surface area is 185 Å². The molecule has 3 aliphatic rings. The van der Waals surface area contributed by atoms with Gasteiger partial charge in [0.15, 0.2) is 0 Å². The summed E-state index contributed by atoms with van der Waals surface area (Å²) >= 11 is 0. The molecule has 0 aromatic carbocycles. The highest BCUT2D eigenvalue weighted by Crippen LogP contribution is 2.38. The fraction of sp³-hybridized carbons (Fsp3) is 0.667. The summed E-state index contributed by atoms with van der Waals surface area (Å²) in [7, 11) is 0. The highest BCUT2D eigenvalue weighted by molar-refractivity contribution is 5.70. The number of aromatic nitrogens is 1. The maximum Gasteiger partial charge on any atom is 0.410 e. The van der Waals surface area contributed by atoms with Crippen LogP contribution in [0.5, 0.6) is 0 Å². The van der Waals surface area contributed by atoms with Crippen molar-refractivity contribution in [2.75, 3.05) is 19.7 Å². The number of carbonyl (C=O) groups excluding carboxylic acids is 1. The van der Waals surface area contributed by atoms with Gasteiger partial charge in [-0.1, -0.05) is 6.07 Å². The van der Waals surface area contributed by atoms with Crippen molar-refractivity contribution in [3.63, 3.8) is 0 Å². The SMILES string of the molecule is CC(C)(C)OC(=O)N1CC(c2cccc(/C(=C/NC3CC(CO)C3)C(N)C3CC3)n2)C1. The van der Waals surface area contributed by atoms with Gasteiger partial charge in [0.05, 0.1) is 5.69 Å². The van der Waals surface area contributed by atoms with Crippen LogP contribution in [0.15, 0.2) is 24.4 Å². The van der Waals surface area contributed by atoms with E-state index >= 15 is 0 Å². The van der Waals surface area contributed by atoms with Crippen molar-refractivity contribution in [3.8, 4) is 0 Å². The molecule has 1 saturated heterocycles. The number of rotatable bonds is 7. The molecule has 4 N–H and O–H groups in total. The van der Waals surface area contributed by atoms with Crippen LogP contribution >= 0.6 is 0 Å². The summed E-state index contributed by atoms with van der Waals surface area (Å²) in [6, 6.07) is 6.47. The molecule has 0 bridgehead atoms. The van der Waals surface area contributed by atoms with Crippen LogP contribution in [0.25, 0.3) is 5.57 Å². The minimum Gasteiger partial charge on any atom is -0.444 e. The summed E-state index contributed by atoms with van der Waals surface area (Å²) < 4.78 is 5.46. The molecule has 2 saturated carbocycles. The van der Waals surface area contributed by atoms with Crippen molar-refractivity contribution in [2.24, 2.45) is 17.6 Å². The number of pyridine rings is 1. The maximum atomic E-state index is 12.2. The van der Waals surface area contributed by atoms with E-state index in [1.165, 1.54) is 12.8 Å². The molecule has 31 heavy (non-hydrogen) atoms. The fourth-order valence-electron chi connectivity index (χ4n) is 4.26. The maximum absolute atomic E-state index is 12.2. The van der Waals surface area contributed by atoms with E-state index < -0.39 is 5.60 Å². The summed E-state index contributed by atoms with van der Waals surface area (Å²) in [6.45, 7) is 7.16. The average Bonchev–Trinajstić information content (AvgIpc) is 3.46. The highest BCUT2D eigenvalue weighted by Gasteiger charge is 2.36. The molecule has 1 aromatic heterocycles. The van der Waals surface area contributed by atoms with E-state index in [0.29, 0.717) is 31.0 Å². The fourth-order valence-corrected chi connectivity index (χ4v) is 4.26. The van der Waals surface area contributed by atoms with E-state index in [4.69, 9.17) is 15.5 Å². The van der Waals surface area contributed by atoms with Crippen molar-refractivity contribution < 1.29 is 14.6 Å². The molecule has 1 aliphatic heterocycles. The van der Waals surface area contributed by atoms with E-state index in [1.807, 2.05) is 39.0 Å². The van der Waals surface area contributed by atoms with E-state index in [1.54, 1.807) is 4.90 Å². The van der Waals surface area contributed by atoms with Gasteiger partial charge in [0.1, 0.15) is 5.60 Å². The molecule has 0 radical (unpaired) electrons. The van der Waals surface area contributed by atoms with Crippen LogP contribution in [0.4, 0.5) is 4.79 Å². The van der Waals surface area contributed by atoms with Crippen LogP contribution in [0.1, 0.15) is 63.8 Å². The Morgan fingerprint density at radius 2 is 2.06 bits per heavy atom. The van der Waals surface area contributed by atoms with E-state index in [2.05, 4.69) is 11.5 Å². The molecule has 1 amide bonds. The molecule has 7 nitrogen and oxygen atoms in total. The van der Waals surface area contributed by atoms with E-state index in [-0.39, 0.29) is 24.7 Å².